The first-order chi connectivity index (χ1) is 11.9. The molecule has 4 nitrogen and oxygen atoms in total. The monoisotopic (exact) mass is 373 g/mol. The summed E-state index contributed by atoms with van der Waals surface area (Å²) < 4.78 is 49.0. The van der Waals surface area contributed by atoms with Crippen LogP contribution in [0.3, 0.4) is 0 Å². The van der Waals surface area contributed by atoms with Crippen molar-refractivity contribution in [1.29, 1.82) is 0 Å². The zero-order valence-corrected chi connectivity index (χ0v) is 15.7. The number of carbonyl (C=O) groups is 1. The fraction of sp³-hybridized carbons (Fsp3) is 0.526. The Hall–Kier alpha value is -2.18. The van der Waals surface area contributed by atoms with Crippen molar-refractivity contribution in [2.45, 2.75) is 33.4 Å². The molecular weight excluding hydrogens is 347 g/mol. The number of benzene rings is 1. The Kier molecular flexibility index (Phi) is 7.54. The second kappa shape index (κ2) is 8.96. The summed E-state index contributed by atoms with van der Waals surface area (Å²) in [7, 11) is 1.46. The Morgan fingerprint density at radius 3 is 2.35 bits per heavy atom. The molecule has 0 radical (unpaired) electrons. The molecule has 0 heterocycles. The summed E-state index contributed by atoms with van der Waals surface area (Å²) in [6.07, 6.45) is -2.09. The summed E-state index contributed by atoms with van der Waals surface area (Å²) >= 11 is 0. The molecule has 146 valence electrons. The van der Waals surface area contributed by atoms with Crippen molar-refractivity contribution < 1.29 is 27.4 Å². The molecule has 1 amide bonds. The number of hydrogen-bond donors (Lipinski definition) is 0. The van der Waals surface area contributed by atoms with Gasteiger partial charge in [0.25, 0.3) is 5.91 Å². The first kappa shape index (κ1) is 21.9. The van der Waals surface area contributed by atoms with Crippen molar-refractivity contribution in [3.8, 4) is 11.5 Å². The van der Waals surface area contributed by atoms with E-state index in [9.17, 15) is 18.0 Å². The summed E-state index contributed by atoms with van der Waals surface area (Å²) in [5.41, 5.74) is 0.479. The van der Waals surface area contributed by atoms with E-state index in [4.69, 9.17) is 9.47 Å². The minimum absolute atomic E-state index is 0.0237. The van der Waals surface area contributed by atoms with Crippen LogP contribution in [-0.4, -0.2) is 43.8 Å². The first-order valence-corrected chi connectivity index (χ1v) is 8.20. The number of methoxy groups -OCH3 is 1. The Labute approximate surface area is 152 Å². The molecular formula is C19H26F3NO3. The minimum Gasteiger partial charge on any atom is -0.493 e. The van der Waals surface area contributed by atoms with Crippen LogP contribution in [-0.2, 0) is 11.2 Å². The number of amides is 1. The maximum Gasteiger partial charge on any atom is 0.406 e. The molecule has 0 aliphatic heterocycles. The van der Waals surface area contributed by atoms with E-state index in [0.717, 1.165) is 10.5 Å². The third-order valence-electron chi connectivity index (χ3n) is 3.35. The number of rotatable bonds is 8. The zero-order chi connectivity index (χ0) is 20.0. The van der Waals surface area contributed by atoms with Crippen LogP contribution < -0.4 is 9.47 Å². The van der Waals surface area contributed by atoms with Gasteiger partial charge in [0.05, 0.1) is 7.11 Å². The highest BCUT2D eigenvalue weighted by atomic mass is 19.4. The van der Waals surface area contributed by atoms with Crippen molar-refractivity contribution in [2.24, 2.45) is 5.41 Å². The van der Waals surface area contributed by atoms with E-state index in [2.05, 4.69) is 6.58 Å². The molecule has 0 bridgehead atoms. The molecule has 0 aliphatic rings. The second-order valence-electron chi connectivity index (χ2n) is 7.19. The number of alkyl halides is 3. The van der Waals surface area contributed by atoms with E-state index in [1.54, 1.807) is 45.0 Å². The van der Waals surface area contributed by atoms with Crippen LogP contribution in [0.15, 0.2) is 30.9 Å². The molecule has 0 aliphatic carbocycles. The highest BCUT2D eigenvalue weighted by Crippen LogP contribution is 2.29. The molecule has 7 heteroatoms. The largest absolute Gasteiger partial charge is 0.493 e. The number of allylic oxidation sites excluding steroid dienone is 1. The minimum atomic E-state index is -4.47. The smallest absolute Gasteiger partial charge is 0.406 e. The number of nitrogens with zero attached hydrogens (tertiary/aromatic N) is 1. The summed E-state index contributed by atoms with van der Waals surface area (Å²) in [4.78, 5) is 13.1. The third kappa shape index (κ3) is 7.80. The lowest BCUT2D eigenvalue weighted by Crippen LogP contribution is -2.45. The van der Waals surface area contributed by atoms with Crippen LogP contribution in [0.1, 0.15) is 26.3 Å². The summed E-state index contributed by atoms with van der Waals surface area (Å²) in [5.74, 6) is -0.0128. The zero-order valence-electron chi connectivity index (χ0n) is 15.7. The lowest BCUT2D eigenvalue weighted by molar-refractivity contribution is -0.164. The highest BCUT2D eigenvalue weighted by molar-refractivity contribution is 5.78. The molecule has 0 N–H and O–H groups in total. The van der Waals surface area contributed by atoms with E-state index in [1.165, 1.54) is 7.11 Å². The lowest BCUT2D eigenvalue weighted by atomic mass is 9.96. The van der Waals surface area contributed by atoms with Crippen LogP contribution in [0.5, 0.6) is 11.5 Å². The van der Waals surface area contributed by atoms with Gasteiger partial charge in [-0.15, -0.1) is 6.58 Å². The maximum absolute atomic E-state index is 12.8. The summed E-state index contributed by atoms with van der Waals surface area (Å²) in [6, 6.07) is 5.15. The second-order valence-corrected chi connectivity index (χ2v) is 7.19. The van der Waals surface area contributed by atoms with Gasteiger partial charge in [-0.2, -0.15) is 13.2 Å². The molecule has 0 fully saturated rings. The lowest BCUT2D eigenvalue weighted by Gasteiger charge is -2.30. The van der Waals surface area contributed by atoms with Crippen molar-refractivity contribution in [3.05, 3.63) is 36.4 Å². The average molecular weight is 373 g/mol. The van der Waals surface area contributed by atoms with Crippen LogP contribution in [0.4, 0.5) is 13.2 Å². The van der Waals surface area contributed by atoms with E-state index in [-0.39, 0.29) is 6.54 Å². The quantitative estimate of drug-likeness (QED) is 0.640. The van der Waals surface area contributed by atoms with Gasteiger partial charge in [0, 0.05) is 6.54 Å². The van der Waals surface area contributed by atoms with Crippen LogP contribution in [0, 0.1) is 5.41 Å². The van der Waals surface area contributed by atoms with Crippen LogP contribution >= 0.6 is 0 Å². The fourth-order valence-electron chi connectivity index (χ4n) is 2.38. The Morgan fingerprint density at radius 1 is 1.19 bits per heavy atom. The standard InChI is InChI=1S/C19H26F3NO3/c1-6-7-14-8-9-15(16(10-14)25-5)26-11-17(24)23(12-18(2,3)4)13-19(20,21)22/h6,8-10H,1,7,11-13H2,2-5H3. The van der Waals surface area contributed by atoms with Gasteiger partial charge in [-0.1, -0.05) is 32.9 Å². The summed E-state index contributed by atoms with van der Waals surface area (Å²) in [6.45, 7) is 7.14. The molecule has 1 aromatic carbocycles. The Balaban J connectivity index is 2.85. The van der Waals surface area contributed by atoms with Gasteiger partial charge >= 0.3 is 6.18 Å². The van der Waals surface area contributed by atoms with Crippen molar-refractivity contribution in [1.82, 2.24) is 4.90 Å². The van der Waals surface area contributed by atoms with E-state index < -0.39 is 30.7 Å². The Morgan fingerprint density at radius 2 is 1.85 bits per heavy atom. The average Bonchev–Trinajstić information content (AvgIpc) is 2.50. The fourth-order valence-corrected chi connectivity index (χ4v) is 2.38. The van der Waals surface area contributed by atoms with Crippen molar-refractivity contribution in [2.75, 3.05) is 26.8 Å². The Bertz CT molecular complexity index is 605. The first-order valence-electron chi connectivity index (χ1n) is 8.20. The normalized spacial score (nSPS) is 11.8. The number of halogens is 3. The molecule has 0 saturated heterocycles. The molecule has 0 saturated carbocycles. The van der Waals surface area contributed by atoms with E-state index in [1.807, 2.05) is 0 Å². The topological polar surface area (TPSA) is 38.8 Å². The van der Waals surface area contributed by atoms with Crippen LogP contribution in [0.2, 0.25) is 0 Å². The van der Waals surface area contributed by atoms with Crippen molar-refractivity contribution in [3.63, 3.8) is 0 Å². The van der Waals surface area contributed by atoms with E-state index in [0.29, 0.717) is 17.9 Å². The molecule has 26 heavy (non-hydrogen) atoms. The van der Waals surface area contributed by atoms with Gasteiger partial charge in [-0.05, 0) is 29.5 Å². The van der Waals surface area contributed by atoms with Gasteiger partial charge in [0.1, 0.15) is 6.54 Å². The van der Waals surface area contributed by atoms with Gasteiger partial charge in [-0.25, -0.2) is 0 Å². The number of carbonyl (C=O) groups excluding carboxylic acids is 1. The van der Waals surface area contributed by atoms with Gasteiger partial charge in [0.2, 0.25) is 0 Å². The third-order valence-corrected chi connectivity index (χ3v) is 3.35. The summed E-state index contributed by atoms with van der Waals surface area (Å²) in [5, 5.41) is 0. The highest BCUT2D eigenvalue weighted by Gasteiger charge is 2.34. The number of ether oxygens (including phenoxy) is 2. The predicted molar refractivity (Wildman–Crippen MR) is 94.5 cm³/mol. The predicted octanol–water partition coefficient (Wildman–Crippen LogP) is 4.24. The molecule has 0 unspecified atom stereocenters. The number of hydrogen-bond acceptors (Lipinski definition) is 3. The molecule has 1 rings (SSSR count). The maximum atomic E-state index is 12.8. The van der Waals surface area contributed by atoms with E-state index >= 15 is 0 Å². The molecule has 1 aromatic rings. The molecule has 0 atom stereocenters. The van der Waals surface area contributed by atoms with Gasteiger partial charge < -0.3 is 14.4 Å². The van der Waals surface area contributed by atoms with Gasteiger partial charge in [0.15, 0.2) is 18.1 Å². The SMILES string of the molecule is C=CCc1ccc(OCC(=O)N(CC(C)(C)C)CC(F)(F)F)c(OC)c1. The van der Waals surface area contributed by atoms with Crippen molar-refractivity contribution >= 4 is 5.91 Å². The van der Waals surface area contributed by atoms with Gasteiger partial charge in [-0.3, -0.25) is 4.79 Å². The molecule has 0 spiro atoms. The molecule has 0 aromatic heterocycles. The van der Waals surface area contributed by atoms with Crippen LogP contribution in [0.25, 0.3) is 0 Å².